The van der Waals surface area contributed by atoms with Crippen LogP contribution in [0.1, 0.15) is 5.56 Å². The maximum absolute atomic E-state index is 11.6. The van der Waals surface area contributed by atoms with E-state index in [9.17, 15) is 4.79 Å². The topological polar surface area (TPSA) is 47.6 Å². The molecule has 0 atom stereocenters. The van der Waals surface area contributed by atoms with Crippen molar-refractivity contribution in [2.24, 2.45) is 0 Å². The van der Waals surface area contributed by atoms with Crippen LogP contribution in [0.3, 0.4) is 0 Å². The highest BCUT2D eigenvalue weighted by Crippen LogP contribution is 2.19. The predicted octanol–water partition coefficient (Wildman–Crippen LogP) is 2.45. The number of benzene rings is 1. The lowest BCUT2D eigenvalue weighted by Gasteiger charge is -2.13. The smallest absolute Gasteiger partial charge is 0.277 e. The first kappa shape index (κ1) is 14.6. The van der Waals surface area contributed by atoms with Gasteiger partial charge in [-0.05, 0) is 23.8 Å². The molecule has 0 aliphatic heterocycles. The van der Waals surface area contributed by atoms with Crippen LogP contribution in [0.4, 0.5) is 0 Å². The van der Waals surface area contributed by atoms with Gasteiger partial charge in [0.2, 0.25) is 6.29 Å². The molecule has 1 rings (SSSR count). The summed E-state index contributed by atoms with van der Waals surface area (Å²) in [5.41, 5.74) is 0.977. The number of carbonyl (C=O) groups is 1. The number of hydrogen-bond donors (Lipinski definition) is 1. The van der Waals surface area contributed by atoms with Crippen LogP contribution in [-0.2, 0) is 20.8 Å². The number of ether oxygens (including phenoxy) is 2. The summed E-state index contributed by atoms with van der Waals surface area (Å²) < 4.78 is 11.6. The zero-order valence-electron chi connectivity index (χ0n) is 9.50. The lowest BCUT2D eigenvalue weighted by Crippen LogP contribution is -2.36. The predicted molar refractivity (Wildman–Crippen MR) is 71.5 cm³/mol. The average Bonchev–Trinajstić information content (AvgIpc) is 2.27. The van der Waals surface area contributed by atoms with E-state index < -0.39 is 6.29 Å². The second-order valence-corrected chi connectivity index (χ2v) is 5.13. The summed E-state index contributed by atoms with van der Waals surface area (Å²) in [6.07, 6.45) is -0.870. The zero-order valence-corrected chi connectivity index (χ0v) is 12.7. The molecule has 0 unspecified atom stereocenters. The van der Waals surface area contributed by atoms with Gasteiger partial charge in [-0.1, -0.05) is 31.9 Å². The maximum Gasteiger partial charge on any atom is 0.277 e. The molecule has 1 aromatic carbocycles. The van der Waals surface area contributed by atoms with Gasteiger partial charge >= 0.3 is 0 Å². The molecule has 1 amide bonds. The number of rotatable bonds is 5. The summed E-state index contributed by atoms with van der Waals surface area (Å²) in [5.74, 6) is -0.300. The fraction of sp³-hybridized carbons (Fsp3) is 0.364. The number of hydrogen-bond acceptors (Lipinski definition) is 3. The normalized spacial score (nSPS) is 10.6. The third kappa shape index (κ3) is 4.75. The van der Waals surface area contributed by atoms with E-state index in [0.29, 0.717) is 6.54 Å². The van der Waals surface area contributed by atoms with Crippen LogP contribution in [0.2, 0.25) is 0 Å². The summed E-state index contributed by atoms with van der Waals surface area (Å²) in [5, 5.41) is 2.72. The minimum Gasteiger partial charge on any atom is -0.348 e. The third-order valence-electron chi connectivity index (χ3n) is 2.03. The monoisotopic (exact) mass is 365 g/mol. The van der Waals surface area contributed by atoms with E-state index in [-0.39, 0.29) is 5.91 Å². The summed E-state index contributed by atoms with van der Waals surface area (Å²) >= 11 is 6.77. The Morgan fingerprint density at radius 2 is 1.76 bits per heavy atom. The molecule has 0 saturated heterocycles. The Bertz CT molecular complexity index is 374. The number of carbonyl (C=O) groups excluding carboxylic acids is 1. The van der Waals surface area contributed by atoms with Crippen molar-refractivity contribution >= 4 is 37.8 Å². The van der Waals surface area contributed by atoms with Gasteiger partial charge in [-0.15, -0.1) is 0 Å². The molecule has 0 aliphatic rings. The molecular formula is C11H13Br2NO3. The molecule has 0 fully saturated rings. The molecule has 17 heavy (non-hydrogen) atoms. The first-order chi connectivity index (χ1) is 8.06. The summed E-state index contributed by atoms with van der Waals surface area (Å²) in [6.45, 7) is 0.417. The van der Waals surface area contributed by atoms with E-state index in [0.717, 1.165) is 14.5 Å². The highest BCUT2D eigenvalue weighted by atomic mass is 79.9. The van der Waals surface area contributed by atoms with Gasteiger partial charge in [0.15, 0.2) is 0 Å². The maximum atomic E-state index is 11.6. The van der Waals surface area contributed by atoms with Crippen molar-refractivity contribution in [2.75, 3.05) is 14.2 Å². The van der Waals surface area contributed by atoms with Gasteiger partial charge in [0, 0.05) is 29.7 Å². The highest BCUT2D eigenvalue weighted by molar-refractivity contribution is 9.11. The number of nitrogens with one attached hydrogen (secondary N) is 1. The van der Waals surface area contributed by atoms with Crippen LogP contribution in [0, 0.1) is 0 Å². The van der Waals surface area contributed by atoms with Gasteiger partial charge in [0.05, 0.1) is 0 Å². The molecular weight excluding hydrogens is 354 g/mol. The van der Waals surface area contributed by atoms with Crippen LogP contribution in [0.5, 0.6) is 0 Å². The Morgan fingerprint density at radius 3 is 2.24 bits per heavy atom. The quantitative estimate of drug-likeness (QED) is 0.814. The molecule has 6 heteroatoms. The molecule has 0 bridgehead atoms. The molecule has 0 saturated carbocycles. The van der Waals surface area contributed by atoms with Crippen LogP contribution in [0.25, 0.3) is 0 Å². The van der Waals surface area contributed by atoms with Crippen molar-refractivity contribution in [3.8, 4) is 0 Å². The molecule has 0 radical (unpaired) electrons. The van der Waals surface area contributed by atoms with Gasteiger partial charge in [-0.2, -0.15) is 0 Å². The van der Waals surface area contributed by atoms with Crippen LogP contribution < -0.4 is 5.32 Å². The molecule has 4 nitrogen and oxygen atoms in total. The Labute approximate surface area is 117 Å². The number of amides is 1. The fourth-order valence-electron chi connectivity index (χ4n) is 1.30. The third-order valence-corrected chi connectivity index (χ3v) is 2.95. The van der Waals surface area contributed by atoms with E-state index in [1.807, 2.05) is 18.2 Å². The molecule has 0 spiro atoms. The first-order valence-corrected chi connectivity index (χ1v) is 6.43. The van der Waals surface area contributed by atoms with Crippen molar-refractivity contribution in [1.29, 1.82) is 0 Å². The molecule has 94 valence electrons. The van der Waals surface area contributed by atoms with E-state index in [1.165, 1.54) is 14.2 Å². The van der Waals surface area contributed by atoms with Gasteiger partial charge in [-0.3, -0.25) is 4.79 Å². The van der Waals surface area contributed by atoms with Crippen LogP contribution in [0.15, 0.2) is 27.1 Å². The summed E-state index contributed by atoms with van der Waals surface area (Å²) in [7, 11) is 2.84. The van der Waals surface area contributed by atoms with Crippen molar-refractivity contribution in [2.45, 2.75) is 12.8 Å². The van der Waals surface area contributed by atoms with Crippen molar-refractivity contribution in [3.63, 3.8) is 0 Å². The van der Waals surface area contributed by atoms with Crippen molar-refractivity contribution in [3.05, 3.63) is 32.7 Å². The van der Waals surface area contributed by atoms with Crippen molar-refractivity contribution in [1.82, 2.24) is 5.32 Å². The second-order valence-electron chi connectivity index (χ2n) is 3.30. The Hall–Kier alpha value is -0.430. The van der Waals surface area contributed by atoms with E-state index in [2.05, 4.69) is 37.2 Å². The second kappa shape index (κ2) is 7.10. The van der Waals surface area contributed by atoms with E-state index in [4.69, 9.17) is 9.47 Å². The highest BCUT2D eigenvalue weighted by Gasteiger charge is 2.15. The van der Waals surface area contributed by atoms with Gasteiger partial charge < -0.3 is 14.8 Å². The van der Waals surface area contributed by atoms with Gasteiger partial charge in [0.1, 0.15) is 0 Å². The lowest BCUT2D eigenvalue weighted by molar-refractivity contribution is -0.159. The molecule has 1 N–H and O–H groups in total. The average molecular weight is 367 g/mol. The molecule has 1 aromatic rings. The Morgan fingerprint density at radius 1 is 1.24 bits per heavy atom. The minimum atomic E-state index is -0.870. The standard InChI is InChI=1S/C11H13Br2NO3/c1-16-11(17-2)10(15)14-6-7-3-8(12)5-9(13)4-7/h3-5,11H,6H2,1-2H3,(H,14,15). The number of halogens is 2. The fourth-order valence-corrected chi connectivity index (χ4v) is 2.68. The lowest BCUT2D eigenvalue weighted by atomic mass is 10.2. The summed E-state index contributed by atoms with van der Waals surface area (Å²) in [6, 6.07) is 5.79. The van der Waals surface area contributed by atoms with E-state index in [1.54, 1.807) is 0 Å². The first-order valence-electron chi connectivity index (χ1n) is 4.85. The van der Waals surface area contributed by atoms with Crippen LogP contribution >= 0.6 is 31.9 Å². The zero-order chi connectivity index (χ0) is 12.8. The summed E-state index contributed by atoms with van der Waals surface area (Å²) in [4.78, 5) is 11.6. The molecule has 0 heterocycles. The van der Waals surface area contributed by atoms with Gasteiger partial charge in [0.25, 0.3) is 5.91 Å². The largest absolute Gasteiger partial charge is 0.348 e. The van der Waals surface area contributed by atoms with Crippen LogP contribution in [-0.4, -0.2) is 26.4 Å². The van der Waals surface area contributed by atoms with Gasteiger partial charge in [-0.25, -0.2) is 0 Å². The Balaban J connectivity index is 2.58. The SMILES string of the molecule is COC(OC)C(=O)NCc1cc(Br)cc(Br)c1. The van der Waals surface area contributed by atoms with E-state index >= 15 is 0 Å². The van der Waals surface area contributed by atoms with Crippen molar-refractivity contribution < 1.29 is 14.3 Å². The molecule has 0 aromatic heterocycles. The minimum absolute atomic E-state index is 0.300. The molecule has 0 aliphatic carbocycles. The Kier molecular flexibility index (Phi) is 6.11. The number of methoxy groups -OCH3 is 2.